The van der Waals surface area contributed by atoms with E-state index in [-0.39, 0.29) is 10.8 Å². The highest BCUT2D eigenvalue weighted by Crippen LogP contribution is 2.34. The molecule has 3 rings (SSSR count). The summed E-state index contributed by atoms with van der Waals surface area (Å²) in [6, 6.07) is 4.61. The van der Waals surface area contributed by atoms with Gasteiger partial charge in [-0.05, 0) is 18.2 Å². The first kappa shape index (κ1) is 19.3. The number of alkyl halides is 3. The molecule has 27 heavy (non-hydrogen) atoms. The van der Waals surface area contributed by atoms with Crippen molar-refractivity contribution in [1.82, 2.24) is 9.99 Å². The number of rotatable bonds is 4. The van der Waals surface area contributed by atoms with Crippen LogP contribution < -0.4 is 4.90 Å². The fourth-order valence-electron chi connectivity index (χ4n) is 2.50. The number of amides is 1. The molecule has 0 spiro atoms. The second-order valence-electron chi connectivity index (χ2n) is 5.77. The highest BCUT2D eigenvalue weighted by atomic mass is 32.1. The van der Waals surface area contributed by atoms with Crippen LogP contribution in [0, 0.1) is 0 Å². The van der Waals surface area contributed by atoms with Crippen LogP contribution in [0.2, 0.25) is 0 Å². The molecule has 0 aliphatic carbocycles. The Labute approximate surface area is 157 Å². The predicted molar refractivity (Wildman–Crippen MR) is 96.4 cm³/mol. The fourth-order valence-corrected chi connectivity index (χ4v) is 3.33. The third-order valence-corrected chi connectivity index (χ3v) is 4.63. The number of carbonyl (C=O) groups excluding carboxylic acids is 1. The summed E-state index contributed by atoms with van der Waals surface area (Å²) in [5.41, 5.74) is -0.181. The van der Waals surface area contributed by atoms with Gasteiger partial charge in [-0.25, -0.2) is 4.98 Å². The maximum Gasteiger partial charge on any atom is 0.416 e. The van der Waals surface area contributed by atoms with Crippen LogP contribution in [0.25, 0.3) is 0 Å². The van der Waals surface area contributed by atoms with Crippen LogP contribution in [0.15, 0.2) is 34.7 Å². The monoisotopic (exact) mass is 398 g/mol. The number of morpholine rings is 1. The molecule has 1 aliphatic rings. The van der Waals surface area contributed by atoms with Crippen molar-refractivity contribution >= 4 is 34.3 Å². The number of hydrazone groups is 1. The van der Waals surface area contributed by atoms with Crippen molar-refractivity contribution in [2.75, 3.05) is 31.2 Å². The topological polar surface area (TPSA) is 58.0 Å². The zero-order chi connectivity index (χ0) is 19.4. The third kappa shape index (κ3) is 4.83. The second-order valence-corrected chi connectivity index (χ2v) is 6.60. The van der Waals surface area contributed by atoms with Gasteiger partial charge in [-0.2, -0.15) is 18.3 Å². The van der Waals surface area contributed by atoms with Crippen LogP contribution in [-0.4, -0.2) is 48.4 Å². The molecule has 0 N–H and O–H groups in total. The van der Waals surface area contributed by atoms with Gasteiger partial charge in [0.25, 0.3) is 0 Å². The molecule has 0 radical (unpaired) electrons. The number of nitrogens with zero attached hydrogens (tertiary/aromatic N) is 4. The minimum atomic E-state index is -4.49. The molecular formula is C17H17F3N4O2S. The predicted octanol–water partition coefficient (Wildman–Crippen LogP) is 3.51. The number of carbonyl (C=O) groups is 1. The molecule has 1 fully saturated rings. The molecule has 10 heteroatoms. The Bertz CT molecular complexity index is 832. The summed E-state index contributed by atoms with van der Waals surface area (Å²) in [4.78, 5) is 17.6. The lowest BCUT2D eigenvalue weighted by molar-refractivity contribution is -0.137. The maximum atomic E-state index is 13.0. The van der Waals surface area contributed by atoms with Gasteiger partial charge in [-0.3, -0.25) is 14.7 Å². The van der Waals surface area contributed by atoms with Gasteiger partial charge in [0, 0.05) is 12.3 Å². The Balaban J connectivity index is 1.83. The summed E-state index contributed by atoms with van der Waals surface area (Å²) in [5.74, 6) is -0.430. The lowest BCUT2D eigenvalue weighted by atomic mass is 10.2. The second kappa shape index (κ2) is 8.05. The first-order valence-electron chi connectivity index (χ1n) is 8.15. The van der Waals surface area contributed by atoms with E-state index in [0.29, 0.717) is 32.0 Å². The minimum Gasteiger partial charge on any atom is -0.378 e. The van der Waals surface area contributed by atoms with Crippen molar-refractivity contribution < 1.29 is 22.7 Å². The van der Waals surface area contributed by atoms with Crippen molar-refractivity contribution in [1.29, 1.82) is 0 Å². The van der Waals surface area contributed by atoms with Gasteiger partial charge in [0.2, 0.25) is 5.91 Å². The number of benzene rings is 1. The van der Waals surface area contributed by atoms with Crippen LogP contribution in [0.4, 0.5) is 24.0 Å². The number of hydrogen-bond acceptors (Lipinski definition) is 6. The van der Waals surface area contributed by atoms with E-state index in [4.69, 9.17) is 4.74 Å². The van der Waals surface area contributed by atoms with E-state index in [0.717, 1.165) is 28.4 Å². The van der Waals surface area contributed by atoms with Gasteiger partial charge in [-0.1, -0.05) is 6.07 Å². The lowest BCUT2D eigenvalue weighted by Gasteiger charge is -2.23. The summed E-state index contributed by atoms with van der Waals surface area (Å²) >= 11 is 1.16. The highest BCUT2D eigenvalue weighted by molar-refractivity contribution is 7.14. The number of ether oxygens (including phenoxy) is 1. The molecule has 0 atom stereocenters. The first-order valence-corrected chi connectivity index (χ1v) is 9.03. The quantitative estimate of drug-likeness (QED) is 0.740. The molecule has 1 aromatic heterocycles. The van der Waals surface area contributed by atoms with Gasteiger partial charge in [-0.15, -0.1) is 11.3 Å². The normalized spacial score (nSPS) is 15.3. The zero-order valence-electron chi connectivity index (χ0n) is 14.4. The van der Waals surface area contributed by atoms with E-state index in [2.05, 4.69) is 10.1 Å². The van der Waals surface area contributed by atoms with Crippen molar-refractivity contribution in [3.05, 3.63) is 40.9 Å². The molecule has 2 aromatic rings. The average molecular weight is 398 g/mol. The van der Waals surface area contributed by atoms with Crippen molar-refractivity contribution in [2.45, 2.75) is 13.1 Å². The van der Waals surface area contributed by atoms with Crippen LogP contribution in [0.5, 0.6) is 0 Å². The van der Waals surface area contributed by atoms with E-state index < -0.39 is 17.6 Å². The van der Waals surface area contributed by atoms with Crippen molar-refractivity contribution in [3.63, 3.8) is 0 Å². The summed E-state index contributed by atoms with van der Waals surface area (Å²) in [6.45, 7) is 3.85. The van der Waals surface area contributed by atoms with Crippen molar-refractivity contribution in [2.24, 2.45) is 5.10 Å². The smallest absolute Gasteiger partial charge is 0.378 e. The van der Waals surface area contributed by atoms with Gasteiger partial charge >= 0.3 is 6.18 Å². The van der Waals surface area contributed by atoms with Crippen LogP contribution in [-0.2, 0) is 15.7 Å². The molecule has 6 nitrogen and oxygen atoms in total. The van der Waals surface area contributed by atoms with Gasteiger partial charge in [0.15, 0.2) is 5.13 Å². The average Bonchev–Trinajstić information content (AvgIpc) is 3.09. The molecule has 0 unspecified atom stereocenters. The third-order valence-electron chi connectivity index (χ3n) is 3.79. The number of anilines is 2. The lowest BCUT2D eigenvalue weighted by Crippen LogP contribution is -2.32. The van der Waals surface area contributed by atoms with E-state index >= 15 is 0 Å². The molecule has 144 valence electrons. The Morgan fingerprint density at radius 3 is 2.78 bits per heavy atom. The van der Waals surface area contributed by atoms with Gasteiger partial charge < -0.3 is 4.74 Å². The number of thiazole rings is 1. The Hall–Kier alpha value is -2.46. The largest absolute Gasteiger partial charge is 0.416 e. The Kier molecular flexibility index (Phi) is 5.76. The SMILES string of the molecule is CC(=O)N(c1cccc(C(F)(F)F)c1)c1nc(/C=N\N2CCOCC2)cs1. The molecule has 1 saturated heterocycles. The van der Waals surface area contributed by atoms with Gasteiger partial charge in [0.1, 0.15) is 0 Å². The molecule has 1 aromatic carbocycles. The van der Waals surface area contributed by atoms with Crippen molar-refractivity contribution in [3.8, 4) is 0 Å². The molecule has 0 saturated carbocycles. The van der Waals surface area contributed by atoms with Crippen LogP contribution in [0.1, 0.15) is 18.2 Å². The minimum absolute atomic E-state index is 0.114. The first-order chi connectivity index (χ1) is 12.8. The molecular weight excluding hydrogens is 381 g/mol. The maximum absolute atomic E-state index is 13.0. The summed E-state index contributed by atoms with van der Waals surface area (Å²) in [7, 11) is 0. The number of aromatic nitrogens is 1. The van der Waals surface area contributed by atoms with E-state index in [1.54, 1.807) is 11.6 Å². The molecule has 1 amide bonds. The van der Waals surface area contributed by atoms with Crippen LogP contribution in [0.3, 0.4) is 0 Å². The summed E-state index contributed by atoms with van der Waals surface area (Å²) in [6.07, 6.45) is -2.92. The Morgan fingerprint density at radius 1 is 1.37 bits per heavy atom. The molecule has 0 bridgehead atoms. The Morgan fingerprint density at radius 2 is 2.11 bits per heavy atom. The number of halogens is 3. The standard InChI is InChI=1S/C17H17F3N4O2S/c1-12(25)24(15-4-2-3-13(9-15)17(18,19)20)16-22-14(11-27-16)10-21-23-5-7-26-8-6-23/h2-4,9-11H,5-8H2,1H3/b21-10-. The van der Waals surface area contributed by atoms with Gasteiger partial charge in [0.05, 0.1) is 49.5 Å². The van der Waals surface area contributed by atoms with E-state index in [1.807, 2.05) is 5.01 Å². The van der Waals surface area contributed by atoms with E-state index in [9.17, 15) is 18.0 Å². The molecule has 2 heterocycles. The summed E-state index contributed by atoms with van der Waals surface area (Å²) < 4.78 is 44.1. The van der Waals surface area contributed by atoms with Crippen LogP contribution >= 0.6 is 11.3 Å². The fraction of sp³-hybridized carbons (Fsp3) is 0.353. The number of hydrogen-bond donors (Lipinski definition) is 0. The summed E-state index contributed by atoms with van der Waals surface area (Å²) in [5, 5.41) is 8.14. The molecule has 1 aliphatic heterocycles. The zero-order valence-corrected chi connectivity index (χ0v) is 15.3. The highest BCUT2D eigenvalue weighted by Gasteiger charge is 2.31. The van der Waals surface area contributed by atoms with E-state index in [1.165, 1.54) is 19.1 Å².